The third kappa shape index (κ3) is 5.68. The summed E-state index contributed by atoms with van der Waals surface area (Å²) in [6.07, 6.45) is 0.607. The van der Waals surface area contributed by atoms with Gasteiger partial charge in [0, 0.05) is 18.5 Å². The minimum absolute atomic E-state index is 0.0353. The molecule has 0 aliphatic carbocycles. The number of thiazole rings is 1. The lowest BCUT2D eigenvalue weighted by Crippen LogP contribution is -2.41. The number of carbonyl (C=O) groups is 2. The Kier molecular flexibility index (Phi) is 6.86. The predicted octanol–water partition coefficient (Wildman–Crippen LogP) is 1.37. The molecule has 2 atom stereocenters. The number of thioether (sulfide) groups is 1. The van der Waals surface area contributed by atoms with Crippen LogP contribution in [0.25, 0.3) is 0 Å². The molecule has 0 spiro atoms. The fourth-order valence-electron chi connectivity index (χ4n) is 2.53. The van der Waals surface area contributed by atoms with E-state index >= 15 is 0 Å². The lowest BCUT2D eigenvalue weighted by atomic mass is 10.2. The smallest absolute Gasteiger partial charge is 0.311 e. The third-order valence-corrected chi connectivity index (χ3v) is 7.75. The molecule has 2 rings (SSSR count). The number of rotatable bonds is 7. The summed E-state index contributed by atoms with van der Waals surface area (Å²) in [5.41, 5.74) is 0.626. The molecule has 0 bridgehead atoms. The van der Waals surface area contributed by atoms with Crippen molar-refractivity contribution in [2.45, 2.75) is 42.3 Å². The maximum Gasteiger partial charge on any atom is 0.311 e. The van der Waals surface area contributed by atoms with Gasteiger partial charge in [0.25, 0.3) is 0 Å². The van der Waals surface area contributed by atoms with E-state index in [0.29, 0.717) is 23.1 Å². The van der Waals surface area contributed by atoms with Gasteiger partial charge in [0.05, 0.1) is 35.5 Å². The van der Waals surface area contributed by atoms with Crippen LogP contribution in [-0.4, -0.2) is 66.6 Å². The SMILES string of the molecule is CCOC(=O)Cc1csc(S[C@@H](C)C(=O)N(C)[C@H]2CCS(=O)(=O)C2)n1. The lowest BCUT2D eigenvalue weighted by molar-refractivity contribution is -0.142. The number of hydrogen-bond acceptors (Lipinski definition) is 8. The van der Waals surface area contributed by atoms with Gasteiger partial charge < -0.3 is 9.64 Å². The molecular formula is C15H22N2O5S3. The first-order chi connectivity index (χ1) is 11.7. The molecule has 1 aromatic rings. The maximum atomic E-state index is 12.5. The Hall–Kier alpha value is -1.13. The van der Waals surface area contributed by atoms with Gasteiger partial charge in [0.1, 0.15) is 0 Å². The summed E-state index contributed by atoms with van der Waals surface area (Å²) in [6, 6.07) is -0.254. The Morgan fingerprint density at radius 2 is 2.24 bits per heavy atom. The van der Waals surface area contributed by atoms with E-state index in [2.05, 4.69) is 4.98 Å². The first kappa shape index (κ1) is 20.2. The minimum Gasteiger partial charge on any atom is -0.466 e. The molecule has 2 heterocycles. The van der Waals surface area contributed by atoms with Gasteiger partial charge in [0.2, 0.25) is 5.91 Å². The highest BCUT2D eigenvalue weighted by Crippen LogP contribution is 2.29. The van der Waals surface area contributed by atoms with Crippen molar-refractivity contribution in [1.82, 2.24) is 9.88 Å². The first-order valence-electron chi connectivity index (χ1n) is 7.95. The second-order valence-electron chi connectivity index (χ2n) is 5.85. The van der Waals surface area contributed by atoms with Crippen molar-refractivity contribution in [3.05, 3.63) is 11.1 Å². The highest BCUT2D eigenvalue weighted by Gasteiger charge is 2.34. The van der Waals surface area contributed by atoms with Gasteiger partial charge in [-0.3, -0.25) is 9.59 Å². The summed E-state index contributed by atoms with van der Waals surface area (Å²) in [7, 11) is -1.37. The zero-order chi connectivity index (χ0) is 18.6. The van der Waals surface area contributed by atoms with Gasteiger partial charge in [-0.25, -0.2) is 13.4 Å². The largest absolute Gasteiger partial charge is 0.466 e. The molecular weight excluding hydrogens is 384 g/mol. The van der Waals surface area contributed by atoms with Crippen molar-refractivity contribution in [3.8, 4) is 0 Å². The molecule has 0 radical (unpaired) electrons. The van der Waals surface area contributed by atoms with E-state index in [1.54, 1.807) is 26.3 Å². The van der Waals surface area contributed by atoms with E-state index in [-0.39, 0.29) is 41.1 Å². The van der Waals surface area contributed by atoms with Crippen LogP contribution in [0.4, 0.5) is 0 Å². The molecule has 1 aliphatic heterocycles. The van der Waals surface area contributed by atoms with E-state index in [4.69, 9.17) is 4.74 Å². The number of amides is 1. The van der Waals surface area contributed by atoms with Gasteiger partial charge in [-0.05, 0) is 20.3 Å². The molecule has 0 saturated carbocycles. The highest BCUT2D eigenvalue weighted by atomic mass is 32.2. The summed E-state index contributed by atoms with van der Waals surface area (Å²) in [6.45, 7) is 3.86. The zero-order valence-corrected chi connectivity index (χ0v) is 16.9. The maximum absolute atomic E-state index is 12.5. The predicted molar refractivity (Wildman–Crippen MR) is 97.6 cm³/mol. The number of hydrogen-bond donors (Lipinski definition) is 0. The van der Waals surface area contributed by atoms with E-state index in [9.17, 15) is 18.0 Å². The van der Waals surface area contributed by atoms with Crippen molar-refractivity contribution in [2.75, 3.05) is 25.2 Å². The number of aromatic nitrogens is 1. The Labute approximate surface area is 156 Å². The number of nitrogens with zero attached hydrogens (tertiary/aromatic N) is 2. The summed E-state index contributed by atoms with van der Waals surface area (Å²) in [5.74, 6) is -0.265. The zero-order valence-electron chi connectivity index (χ0n) is 14.4. The van der Waals surface area contributed by atoms with Gasteiger partial charge in [-0.15, -0.1) is 11.3 Å². The Bertz CT molecular complexity index is 731. The number of esters is 1. The third-order valence-electron chi connectivity index (χ3n) is 3.89. The lowest BCUT2D eigenvalue weighted by Gasteiger charge is -2.25. The van der Waals surface area contributed by atoms with Crippen LogP contribution in [0.1, 0.15) is 26.0 Å². The van der Waals surface area contributed by atoms with Crippen LogP contribution in [0.3, 0.4) is 0 Å². The topological polar surface area (TPSA) is 93.6 Å². The van der Waals surface area contributed by atoms with Gasteiger partial charge >= 0.3 is 5.97 Å². The highest BCUT2D eigenvalue weighted by molar-refractivity contribution is 8.02. The quantitative estimate of drug-likeness (QED) is 0.499. The van der Waals surface area contributed by atoms with Crippen LogP contribution in [0.2, 0.25) is 0 Å². The molecule has 1 aliphatic rings. The molecule has 0 aromatic carbocycles. The number of sulfone groups is 1. The Morgan fingerprint density at radius 1 is 1.52 bits per heavy atom. The van der Waals surface area contributed by atoms with Crippen LogP contribution in [0.5, 0.6) is 0 Å². The van der Waals surface area contributed by atoms with Gasteiger partial charge in [-0.1, -0.05) is 11.8 Å². The number of carbonyl (C=O) groups excluding carboxylic acids is 2. The first-order valence-corrected chi connectivity index (χ1v) is 11.5. The van der Waals surface area contributed by atoms with Crippen LogP contribution < -0.4 is 0 Å². The molecule has 10 heteroatoms. The van der Waals surface area contributed by atoms with Crippen LogP contribution in [-0.2, 0) is 30.6 Å². The fourth-order valence-corrected chi connectivity index (χ4v) is 6.39. The van der Waals surface area contributed by atoms with Crippen molar-refractivity contribution in [1.29, 1.82) is 0 Å². The molecule has 1 amide bonds. The standard InChI is InChI=1S/C15H22N2O5S3/c1-4-22-13(18)7-11-8-23-15(16-11)24-10(2)14(19)17(3)12-5-6-25(20,21)9-12/h8,10,12H,4-7,9H2,1-3H3/t10-,12-/m0/s1. The van der Waals surface area contributed by atoms with Crippen molar-refractivity contribution >= 4 is 44.8 Å². The molecule has 7 nitrogen and oxygen atoms in total. The summed E-state index contributed by atoms with van der Waals surface area (Å²) < 4.78 is 28.7. The van der Waals surface area contributed by atoms with Crippen molar-refractivity contribution < 1.29 is 22.7 Å². The number of ether oxygens (including phenoxy) is 1. The molecule has 140 valence electrons. The summed E-state index contributed by atoms with van der Waals surface area (Å²) in [5, 5.41) is 1.40. The Balaban J connectivity index is 1.90. The van der Waals surface area contributed by atoms with E-state index in [1.807, 2.05) is 0 Å². The van der Waals surface area contributed by atoms with Crippen molar-refractivity contribution in [3.63, 3.8) is 0 Å². The van der Waals surface area contributed by atoms with Crippen LogP contribution >= 0.6 is 23.1 Å². The molecule has 1 aromatic heterocycles. The average molecular weight is 407 g/mol. The van der Waals surface area contributed by atoms with Gasteiger partial charge in [0.15, 0.2) is 14.2 Å². The molecule has 25 heavy (non-hydrogen) atoms. The van der Waals surface area contributed by atoms with E-state index < -0.39 is 9.84 Å². The van der Waals surface area contributed by atoms with Crippen LogP contribution in [0.15, 0.2) is 9.72 Å². The molecule has 1 saturated heterocycles. The van der Waals surface area contributed by atoms with E-state index in [1.165, 1.54) is 28.0 Å². The average Bonchev–Trinajstić information content (AvgIpc) is 3.12. The Morgan fingerprint density at radius 3 is 2.84 bits per heavy atom. The monoisotopic (exact) mass is 406 g/mol. The minimum atomic E-state index is -3.03. The normalized spacial score (nSPS) is 20.2. The molecule has 1 fully saturated rings. The molecule has 0 N–H and O–H groups in total. The van der Waals surface area contributed by atoms with Gasteiger partial charge in [-0.2, -0.15) is 0 Å². The summed E-state index contributed by atoms with van der Waals surface area (Å²) >= 11 is 2.69. The molecule has 0 unspecified atom stereocenters. The second kappa shape index (κ2) is 8.50. The van der Waals surface area contributed by atoms with Crippen molar-refractivity contribution in [2.24, 2.45) is 0 Å². The summed E-state index contributed by atoms with van der Waals surface area (Å²) in [4.78, 5) is 29.9. The fraction of sp³-hybridized carbons (Fsp3) is 0.667. The van der Waals surface area contributed by atoms with E-state index in [0.717, 1.165) is 0 Å². The van der Waals surface area contributed by atoms with Crippen LogP contribution in [0, 0.1) is 0 Å². The second-order valence-corrected chi connectivity index (χ2v) is 10.5.